The summed E-state index contributed by atoms with van der Waals surface area (Å²) in [4.78, 5) is 24.4. The van der Waals surface area contributed by atoms with E-state index >= 15 is 0 Å². The van der Waals surface area contributed by atoms with Gasteiger partial charge in [0.15, 0.2) is 5.82 Å². The topological polar surface area (TPSA) is 81.3 Å². The molecule has 0 saturated heterocycles. The molecule has 150 valence electrons. The van der Waals surface area contributed by atoms with E-state index < -0.39 is 6.04 Å². The molecule has 0 bridgehead atoms. The molecule has 2 N–H and O–H groups in total. The number of hydrogen-bond donors (Lipinski definition) is 1. The third-order valence-electron chi connectivity index (χ3n) is 5.52. The zero-order valence-corrected chi connectivity index (χ0v) is 17.2. The largest absolute Gasteiger partial charge is 0.497 e. The van der Waals surface area contributed by atoms with E-state index in [1.165, 1.54) is 5.56 Å². The van der Waals surface area contributed by atoms with Crippen LogP contribution in [0.25, 0.3) is 20.7 Å². The van der Waals surface area contributed by atoms with Crippen molar-refractivity contribution in [3.05, 3.63) is 72.1 Å². The van der Waals surface area contributed by atoms with E-state index in [1.807, 2.05) is 41.3 Å². The standard InChI is InChI=1S/C23H20N4O2S/c1-29-17-8-6-14(7-9-17)20-11-18-21(30-20)23(26-13-25-18)27-12-16-5-3-2-4-15(16)10-19(27)22(24)28/h2-9,11,13,19H,10,12H2,1H3,(H2,24,28)/t19-/m0/s1. The number of rotatable bonds is 4. The lowest BCUT2D eigenvalue weighted by Crippen LogP contribution is -2.49. The molecule has 0 unspecified atom stereocenters. The maximum Gasteiger partial charge on any atom is 0.240 e. The lowest BCUT2D eigenvalue weighted by atomic mass is 9.93. The molecule has 30 heavy (non-hydrogen) atoms. The van der Waals surface area contributed by atoms with E-state index in [9.17, 15) is 4.79 Å². The molecule has 0 saturated carbocycles. The van der Waals surface area contributed by atoms with Crippen LogP contribution in [0.1, 0.15) is 11.1 Å². The Morgan fingerprint density at radius 3 is 2.63 bits per heavy atom. The molecule has 0 radical (unpaired) electrons. The number of fused-ring (bicyclic) bond motifs is 2. The number of aromatic nitrogens is 2. The Balaban J connectivity index is 1.59. The summed E-state index contributed by atoms with van der Waals surface area (Å²) in [6.45, 7) is 0.589. The fraction of sp³-hybridized carbons (Fsp3) is 0.174. The molecule has 6 nitrogen and oxygen atoms in total. The number of ether oxygens (including phenoxy) is 1. The summed E-state index contributed by atoms with van der Waals surface area (Å²) in [7, 11) is 1.65. The van der Waals surface area contributed by atoms with Crippen molar-refractivity contribution in [2.24, 2.45) is 5.73 Å². The van der Waals surface area contributed by atoms with Crippen LogP contribution in [0.3, 0.4) is 0 Å². The second-order valence-electron chi connectivity index (χ2n) is 7.27. The van der Waals surface area contributed by atoms with Crippen molar-refractivity contribution in [1.82, 2.24) is 9.97 Å². The minimum Gasteiger partial charge on any atom is -0.497 e. The average molecular weight is 417 g/mol. The van der Waals surface area contributed by atoms with E-state index in [0.717, 1.165) is 37.8 Å². The minimum atomic E-state index is -0.440. The second kappa shape index (κ2) is 7.42. The van der Waals surface area contributed by atoms with Crippen molar-refractivity contribution in [3.8, 4) is 16.2 Å². The first kappa shape index (κ1) is 18.6. The van der Waals surface area contributed by atoms with Gasteiger partial charge in [-0.25, -0.2) is 9.97 Å². The fourth-order valence-corrected chi connectivity index (χ4v) is 5.07. The normalized spacial score (nSPS) is 15.8. The number of methoxy groups -OCH3 is 1. The van der Waals surface area contributed by atoms with Gasteiger partial charge in [-0.3, -0.25) is 4.79 Å². The van der Waals surface area contributed by atoms with Gasteiger partial charge in [0.05, 0.1) is 17.3 Å². The summed E-state index contributed by atoms with van der Waals surface area (Å²) >= 11 is 1.62. The van der Waals surface area contributed by atoms with Gasteiger partial charge in [0, 0.05) is 17.8 Å². The molecule has 1 amide bonds. The Kier molecular flexibility index (Phi) is 4.59. The first-order valence-corrected chi connectivity index (χ1v) is 10.5. The van der Waals surface area contributed by atoms with E-state index in [-0.39, 0.29) is 5.91 Å². The van der Waals surface area contributed by atoms with Gasteiger partial charge in [0.2, 0.25) is 5.91 Å². The molecular weight excluding hydrogens is 396 g/mol. The van der Waals surface area contributed by atoms with Crippen molar-refractivity contribution in [3.63, 3.8) is 0 Å². The molecule has 0 spiro atoms. The Morgan fingerprint density at radius 1 is 1.13 bits per heavy atom. The number of carbonyl (C=O) groups is 1. The van der Waals surface area contributed by atoms with Crippen LogP contribution < -0.4 is 15.4 Å². The zero-order chi connectivity index (χ0) is 20.7. The van der Waals surface area contributed by atoms with Gasteiger partial charge in [0.25, 0.3) is 0 Å². The van der Waals surface area contributed by atoms with E-state index in [0.29, 0.717) is 13.0 Å². The molecule has 0 aliphatic carbocycles. The summed E-state index contributed by atoms with van der Waals surface area (Å²) < 4.78 is 6.21. The van der Waals surface area contributed by atoms with Crippen molar-refractivity contribution in [1.29, 1.82) is 0 Å². The number of primary amides is 1. The highest BCUT2D eigenvalue weighted by Crippen LogP contribution is 2.39. The molecule has 1 atom stereocenters. The number of anilines is 1. The summed E-state index contributed by atoms with van der Waals surface area (Å²) in [6.07, 6.45) is 2.13. The van der Waals surface area contributed by atoms with Gasteiger partial charge >= 0.3 is 0 Å². The lowest BCUT2D eigenvalue weighted by molar-refractivity contribution is -0.119. The molecule has 5 rings (SSSR count). The van der Waals surface area contributed by atoms with Crippen LogP contribution in [0.15, 0.2) is 60.9 Å². The predicted molar refractivity (Wildman–Crippen MR) is 119 cm³/mol. The highest BCUT2D eigenvalue weighted by Gasteiger charge is 2.32. The maximum atomic E-state index is 12.3. The van der Waals surface area contributed by atoms with Gasteiger partial charge < -0.3 is 15.4 Å². The summed E-state index contributed by atoms with van der Waals surface area (Å²) in [5.41, 5.74) is 10.1. The van der Waals surface area contributed by atoms with Crippen molar-refractivity contribution < 1.29 is 9.53 Å². The zero-order valence-electron chi connectivity index (χ0n) is 16.4. The number of benzene rings is 2. The smallest absolute Gasteiger partial charge is 0.240 e. The molecule has 2 aromatic heterocycles. The van der Waals surface area contributed by atoms with Gasteiger partial charge in [-0.2, -0.15) is 0 Å². The summed E-state index contributed by atoms with van der Waals surface area (Å²) in [5, 5.41) is 0. The van der Waals surface area contributed by atoms with Crippen LogP contribution >= 0.6 is 11.3 Å². The Labute approximate surface area is 178 Å². The molecule has 1 aliphatic rings. The van der Waals surface area contributed by atoms with Gasteiger partial charge in [-0.05, 0) is 47.0 Å². The van der Waals surface area contributed by atoms with Gasteiger partial charge in [-0.1, -0.05) is 24.3 Å². The Hall–Kier alpha value is -3.45. The number of thiophene rings is 1. The quantitative estimate of drug-likeness (QED) is 0.547. The van der Waals surface area contributed by atoms with Gasteiger partial charge in [-0.15, -0.1) is 11.3 Å². The van der Waals surface area contributed by atoms with Gasteiger partial charge in [0.1, 0.15) is 18.1 Å². The van der Waals surface area contributed by atoms with Crippen LogP contribution in [0.2, 0.25) is 0 Å². The molecule has 7 heteroatoms. The second-order valence-corrected chi connectivity index (χ2v) is 8.32. The van der Waals surface area contributed by atoms with Crippen LogP contribution in [-0.2, 0) is 17.8 Å². The monoisotopic (exact) mass is 416 g/mol. The van der Waals surface area contributed by atoms with Crippen molar-refractivity contribution in [2.75, 3.05) is 12.0 Å². The molecule has 1 aliphatic heterocycles. The van der Waals surface area contributed by atoms with E-state index in [2.05, 4.69) is 28.2 Å². The number of carbonyl (C=O) groups excluding carboxylic acids is 1. The van der Waals surface area contributed by atoms with Crippen LogP contribution in [0.4, 0.5) is 5.82 Å². The number of nitrogens with zero attached hydrogens (tertiary/aromatic N) is 3. The van der Waals surface area contributed by atoms with Crippen LogP contribution in [-0.4, -0.2) is 29.0 Å². The fourth-order valence-electron chi connectivity index (χ4n) is 3.94. The summed E-state index contributed by atoms with van der Waals surface area (Å²) in [6, 6.07) is 17.7. The Morgan fingerprint density at radius 2 is 1.90 bits per heavy atom. The minimum absolute atomic E-state index is 0.344. The lowest BCUT2D eigenvalue weighted by Gasteiger charge is -2.36. The third kappa shape index (κ3) is 3.17. The summed E-state index contributed by atoms with van der Waals surface area (Å²) in [5.74, 6) is 1.22. The first-order chi connectivity index (χ1) is 14.6. The molecule has 3 heterocycles. The highest BCUT2D eigenvalue weighted by atomic mass is 32.1. The van der Waals surface area contributed by atoms with E-state index in [4.69, 9.17) is 10.5 Å². The third-order valence-corrected chi connectivity index (χ3v) is 6.69. The first-order valence-electron chi connectivity index (χ1n) is 9.66. The number of amides is 1. The molecule has 2 aromatic carbocycles. The average Bonchev–Trinajstić information content (AvgIpc) is 3.22. The van der Waals surface area contributed by atoms with E-state index in [1.54, 1.807) is 24.8 Å². The highest BCUT2D eigenvalue weighted by molar-refractivity contribution is 7.22. The maximum absolute atomic E-state index is 12.3. The van der Waals surface area contributed by atoms with Crippen molar-refractivity contribution in [2.45, 2.75) is 19.0 Å². The Bertz CT molecular complexity index is 1240. The van der Waals surface area contributed by atoms with Crippen LogP contribution in [0.5, 0.6) is 5.75 Å². The number of hydrogen-bond acceptors (Lipinski definition) is 6. The van der Waals surface area contributed by atoms with Crippen molar-refractivity contribution >= 4 is 33.3 Å². The number of nitrogens with two attached hydrogens (primary N) is 1. The molecular formula is C23H20N4O2S. The SMILES string of the molecule is COc1ccc(-c2cc3ncnc(N4Cc5ccccc5C[C@H]4C(N)=O)c3s2)cc1. The molecule has 0 fully saturated rings. The van der Waals surface area contributed by atoms with Crippen LogP contribution in [0, 0.1) is 0 Å². The molecule has 4 aromatic rings. The predicted octanol–water partition coefficient (Wildman–Crippen LogP) is 3.78.